The molecule has 1 atom stereocenters. The second kappa shape index (κ2) is 4.52. The first-order valence-corrected chi connectivity index (χ1v) is 5.79. The number of pyridine rings is 1. The highest BCUT2D eigenvalue weighted by atomic mass is 35.5. The number of halogens is 1. The van der Waals surface area contributed by atoms with Crippen molar-refractivity contribution in [2.75, 3.05) is 13.2 Å². The Hall–Kier alpha value is -0.930. The number of hydrogen-bond acceptors (Lipinski definition) is 3. The highest BCUT2D eigenvalue weighted by molar-refractivity contribution is 6.29. The molecule has 1 aromatic heterocycles. The Morgan fingerprint density at radius 3 is 3.00 bits per heavy atom. The molecule has 16 heavy (non-hydrogen) atoms. The number of aldehydes is 1. The Balaban J connectivity index is 2.45. The molecule has 86 valence electrons. The van der Waals surface area contributed by atoms with E-state index in [-0.39, 0.29) is 5.41 Å². The van der Waals surface area contributed by atoms with Crippen molar-refractivity contribution >= 4 is 17.9 Å². The van der Waals surface area contributed by atoms with E-state index in [9.17, 15) is 4.79 Å². The molecule has 1 fully saturated rings. The van der Waals surface area contributed by atoms with E-state index in [1.165, 1.54) is 0 Å². The van der Waals surface area contributed by atoms with Crippen LogP contribution in [0.25, 0.3) is 0 Å². The molecule has 1 aromatic rings. The lowest BCUT2D eigenvalue weighted by Crippen LogP contribution is -2.27. The summed E-state index contributed by atoms with van der Waals surface area (Å²) in [5, 5.41) is 0.374. The molecule has 2 rings (SSSR count). The summed E-state index contributed by atoms with van der Waals surface area (Å²) >= 11 is 5.92. The number of nitrogens with zero attached hydrogens (tertiary/aromatic N) is 1. The normalized spacial score (nSPS) is 24.6. The quantitative estimate of drug-likeness (QED) is 0.601. The molecule has 0 radical (unpaired) electrons. The predicted molar refractivity (Wildman–Crippen MR) is 62.0 cm³/mol. The SMILES string of the molecule is CCC1(c2cc(C=O)cc(Cl)n2)CCOC1. The van der Waals surface area contributed by atoms with Crippen molar-refractivity contribution in [1.29, 1.82) is 0 Å². The van der Waals surface area contributed by atoms with Gasteiger partial charge in [0, 0.05) is 17.6 Å². The Kier molecular flexibility index (Phi) is 3.26. The van der Waals surface area contributed by atoms with E-state index in [2.05, 4.69) is 11.9 Å². The molecule has 1 aliphatic rings. The summed E-state index contributed by atoms with van der Waals surface area (Å²) in [4.78, 5) is 15.1. The molecule has 0 saturated carbocycles. The van der Waals surface area contributed by atoms with Crippen LogP contribution in [0.2, 0.25) is 5.15 Å². The second-order valence-corrected chi connectivity index (χ2v) is 4.55. The maximum atomic E-state index is 10.8. The molecule has 0 bridgehead atoms. The molecule has 4 heteroatoms. The van der Waals surface area contributed by atoms with E-state index in [1.54, 1.807) is 6.07 Å². The fourth-order valence-corrected chi connectivity index (χ4v) is 2.34. The molecule has 0 spiro atoms. The average Bonchev–Trinajstić information content (AvgIpc) is 2.78. The van der Waals surface area contributed by atoms with Gasteiger partial charge in [0.1, 0.15) is 11.4 Å². The third-order valence-electron chi connectivity index (χ3n) is 3.28. The van der Waals surface area contributed by atoms with Crippen LogP contribution in [0.1, 0.15) is 35.8 Å². The van der Waals surface area contributed by atoms with Gasteiger partial charge in [0.2, 0.25) is 0 Å². The third kappa shape index (κ3) is 1.97. The maximum absolute atomic E-state index is 10.8. The zero-order valence-electron chi connectivity index (χ0n) is 9.20. The molecule has 1 aliphatic heterocycles. The minimum Gasteiger partial charge on any atom is -0.380 e. The van der Waals surface area contributed by atoms with Crippen molar-refractivity contribution in [3.63, 3.8) is 0 Å². The molecule has 1 saturated heterocycles. The molecule has 1 unspecified atom stereocenters. The summed E-state index contributed by atoms with van der Waals surface area (Å²) in [5.74, 6) is 0. The number of rotatable bonds is 3. The van der Waals surface area contributed by atoms with Crippen molar-refractivity contribution in [3.05, 3.63) is 28.5 Å². The van der Waals surface area contributed by atoms with Crippen molar-refractivity contribution in [2.45, 2.75) is 25.2 Å². The Morgan fingerprint density at radius 2 is 2.44 bits per heavy atom. The van der Waals surface area contributed by atoms with Gasteiger partial charge in [-0.15, -0.1) is 0 Å². The molecular formula is C12H14ClNO2. The zero-order chi connectivity index (χ0) is 11.6. The smallest absolute Gasteiger partial charge is 0.150 e. The van der Waals surface area contributed by atoms with Gasteiger partial charge in [-0.2, -0.15) is 0 Å². The molecule has 0 aromatic carbocycles. The Bertz CT molecular complexity index is 400. The van der Waals surface area contributed by atoms with E-state index in [4.69, 9.17) is 16.3 Å². The number of hydrogen-bond donors (Lipinski definition) is 0. The van der Waals surface area contributed by atoms with Crippen LogP contribution in [0.15, 0.2) is 12.1 Å². The van der Waals surface area contributed by atoms with Crippen molar-refractivity contribution < 1.29 is 9.53 Å². The van der Waals surface area contributed by atoms with Crippen LogP contribution in [0.3, 0.4) is 0 Å². The Morgan fingerprint density at radius 1 is 1.62 bits per heavy atom. The standard InChI is InChI=1S/C12H14ClNO2/c1-2-12(3-4-16-8-12)10-5-9(7-15)6-11(13)14-10/h5-7H,2-4,8H2,1H3. The third-order valence-corrected chi connectivity index (χ3v) is 3.47. The van der Waals surface area contributed by atoms with Crippen LogP contribution >= 0.6 is 11.6 Å². The van der Waals surface area contributed by atoms with E-state index in [0.29, 0.717) is 17.3 Å². The summed E-state index contributed by atoms with van der Waals surface area (Å²) in [7, 11) is 0. The molecule has 2 heterocycles. The van der Waals surface area contributed by atoms with Crippen LogP contribution in [0.5, 0.6) is 0 Å². The fraction of sp³-hybridized carbons (Fsp3) is 0.500. The number of aromatic nitrogens is 1. The van der Waals surface area contributed by atoms with Crippen LogP contribution in [0.4, 0.5) is 0 Å². The van der Waals surface area contributed by atoms with Gasteiger partial charge in [0.25, 0.3) is 0 Å². The first-order valence-electron chi connectivity index (χ1n) is 5.41. The zero-order valence-corrected chi connectivity index (χ0v) is 9.96. The van der Waals surface area contributed by atoms with Crippen molar-refractivity contribution in [2.24, 2.45) is 0 Å². The van der Waals surface area contributed by atoms with Crippen LogP contribution in [0, 0.1) is 0 Å². The lowest BCUT2D eigenvalue weighted by atomic mass is 9.80. The largest absolute Gasteiger partial charge is 0.380 e. The summed E-state index contributed by atoms with van der Waals surface area (Å²) in [6, 6.07) is 3.40. The van der Waals surface area contributed by atoms with Crippen LogP contribution < -0.4 is 0 Å². The fourth-order valence-electron chi connectivity index (χ4n) is 2.13. The van der Waals surface area contributed by atoms with Gasteiger partial charge in [-0.3, -0.25) is 4.79 Å². The van der Waals surface area contributed by atoms with Gasteiger partial charge in [-0.25, -0.2) is 4.98 Å². The van der Waals surface area contributed by atoms with Gasteiger partial charge in [0.05, 0.1) is 12.3 Å². The Labute approximate surface area is 99.8 Å². The highest BCUT2D eigenvalue weighted by Gasteiger charge is 2.36. The van der Waals surface area contributed by atoms with Crippen molar-refractivity contribution in [3.8, 4) is 0 Å². The number of ether oxygens (including phenoxy) is 1. The summed E-state index contributed by atoms with van der Waals surface area (Å²) in [6.45, 7) is 3.52. The summed E-state index contributed by atoms with van der Waals surface area (Å²) in [6.07, 6.45) is 2.68. The summed E-state index contributed by atoms with van der Waals surface area (Å²) < 4.78 is 5.45. The topological polar surface area (TPSA) is 39.2 Å². The molecular weight excluding hydrogens is 226 g/mol. The number of carbonyl (C=O) groups excluding carboxylic acids is 1. The van der Waals surface area contributed by atoms with Crippen LogP contribution in [-0.2, 0) is 10.2 Å². The van der Waals surface area contributed by atoms with Gasteiger partial charge in [0.15, 0.2) is 0 Å². The van der Waals surface area contributed by atoms with Crippen molar-refractivity contribution in [1.82, 2.24) is 4.98 Å². The van der Waals surface area contributed by atoms with E-state index < -0.39 is 0 Å². The minimum atomic E-state index is -0.0668. The lowest BCUT2D eigenvalue weighted by molar-refractivity contribution is 0.112. The predicted octanol–water partition coefficient (Wildman–Crippen LogP) is 2.62. The van der Waals surface area contributed by atoms with Gasteiger partial charge < -0.3 is 4.74 Å². The highest BCUT2D eigenvalue weighted by Crippen LogP contribution is 2.35. The van der Waals surface area contributed by atoms with E-state index in [1.807, 2.05) is 6.07 Å². The summed E-state index contributed by atoms with van der Waals surface area (Å²) in [5.41, 5.74) is 1.39. The molecule has 0 N–H and O–H groups in total. The molecule has 3 nitrogen and oxygen atoms in total. The van der Waals surface area contributed by atoms with Crippen LogP contribution in [-0.4, -0.2) is 24.5 Å². The average molecular weight is 240 g/mol. The molecule has 0 amide bonds. The second-order valence-electron chi connectivity index (χ2n) is 4.16. The lowest BCUT2D eigenvalue weighted by Gasteiger charge is -2.25. The number of carbonyl (C=O) groups is 1. The van der Waals surface area contributed by atoms with Gasteiger partial charge in [-0.05, 0) is 25.0 Å². The van der Waals surface area contributed by atoms with E-state index in [0.717, 1.165) is 31.4 Å². The minimum absolute atomic E-state index is 0.0668. The monoisotopic (exact) mass is 239 g/mol. The van der Waals surface area contributed by atoms with E-state index >= 15 is 0 Å². The maximum Gasteiger partial charge on any atom is 0.150 e. The van der Waals surface area contributed by atoms with Gasteiger partial charge in [-0.1, -0.05) is 18.5 Å². The first kappa shape index (κ1) is 11.6. The van der Waals surface area contributed by atoms with Gasteiger partial charge >= 0.3 is 0 Å². The molecule has 0 aliphatic carbocycles. The first-order chi connectivity index (χ1) is 7.70.